The molecule has 2 aromatic carbocycles. The second kappa shape index (κ2) is 6.52. The van der Waals surface area contributed by atoms with Gasteiger partial charge < -0.3 is 0 Å². The summed E-state index contributed by atoms with van der Waals surface area (Å²) < 4.78 is 38.4. The van der Waals surface area contributed by atoms with Crippen molar-refractivity contribution in [2.75, 3.05) is 0 Å². The van der Waals surface area contributed by atoms with Crippen LogP contribution in [0.4, 0.5) is 13.2 Å². The maximum atomic E-state index is 12.8. The molecule has 0 amide bonds. The van der Waals surface area contributed by atoms with Crippen LogP contribution in [0.3, 0.4) is 0 Å². The van der Waals surface area contributed by atoms with Crippen LogP contribution in [0.25, 0.3) is 12.2 Å². The van der Waals surface area contributed by atoms with Crippen molar-refractivity contribution in [1.29, 1.82) is 5.26 Å². The number of nitrogens with zero attached hydrogens (tertiary/aromatic N) is 1. The summed E-state index contributed by atoms with van der Waals surface area (Å²) in [6.45, 7) is 6.33. The second-order valence-electron chi connectivity index (χ2n) is 6.62. The summed E-state index contributed by atoms with van der Waals surface area (Å²) in [4.78, 5) is 0. The highest BCUT2D eigenvalue weighted by molar-refractivity contribution is 5.73. The number of hydrogen-bond donors (Lipinski definition) is 0. The van der Waals surface area contributed by atoms with Gasteiger partial charge in [0.25, 0.3) is 0 Å². The molecule has 24 heavy (non-hydrogen) atoms. The van der Waals surface area contributed by atoms with Gasteiger partial charge in [0.1, 0.15) is 0 Å². The summed E-state index contributed by atoms with van der Waals surface area (Å²) in [6, 6.07) is 12.9. The van der Waals surface area contributed by atoms with Crippen molar-refractivity contribution in [3.63, 3.8) is 0 Å². The Hall–Kier alpha value is -2.54. The Labute approximate surface area is 140 Å². The molecule has 0 N–H and O–H groups in total. The zero-order valence-electron chi connectivity index (χ0n) is 13.8. The SMILES string of the molecule is CC(C)(C)c1ccc(C=Cc2cc(C(F)(F)F)ccc2C#N)cc1. The van der Waals surface area contributed by atoms with Gasteiger partial charge in [-0.3, -0.25) is 0 Å². The summed E-state index contributed by atoms with van der Waals surface area (Å²) >= 11 is 0. The molecule has 0 aliphatic carbocycles. The molecular formula is C20H18F3N. The highest BCUT2D eigenvalue weighted by atomic mass is 19.4. The first-order valence-corrected chi connectivity index (χ1v) is 7.51. The maximum Gasteiger partial charge on any atom is 0.416 e. The zero-order chi connectivity index (χ0) is 18.0. The van der Waals surface area contributed by atoms with E-state index in [0.29, 0.717) is 0 Å². The van der Waals surface area contributed by atoms with Crippen molar-refractivity contribution in [3.8, 4) is 6.07 Å². The minimum absolute atomic E-state index is 0.0390. The van der Waals surface area contributed by atoms with Gasteiger partial charge in [-0.2, -0.15) is 18.4 Å². The number of benzene rings is 2. The van der Waals surface area contributed by atoms with Gasteiger partial charge in [-0.15, -0.1) is 0 Å². The van der Waals surface area contributed by atoms with Crippen LogP contribution in [0.5, 0.6) is 0 Å². The zero-order valence-corrected chi connectivity index (χ0v) is 13.8. The van der Waals surface area contributed by atoms with Crippen LogP contribution in [-0.4, -0.2) is 0 Å². The van der Waals surface area contributed by atoms with Crippen LogP contribution >= 0.6 is 0 Å². The van der Waals surface area contributed by atoms with Gasteiger partial charge in [0, 0.05) is 0 Å². The van der Waals surface area contributed by atoms with Crippen LogP contribution in [-0.2, 0) is 11.6 Å². The third-order valence-electron chi connectivity index (χ3n) is 3.73. The quantitative estimate of drug-likeness (QED) is 0.616. The van der Waals surface area contributed by atoms with Gasteiger partial charge in [0.15, 0.2) is 0 Å². The Morgan fingerprint density at radius 1 is 0.875 bits per heavy atom. The Kier molecular flexibility index (Phi) is 4.84. The molecule has 4 heteroatoms. The molecule has 0 unspecified atom stereocenters. The maximum absolute atomic E-state index is 12.8. The topological polar surface area (TPSA) is 23.8 Å². The lowest BCUT2D eigenvalue weighted by Crippen LogP contribution is -2.10. The summed E-state index contributed by atoms with van der Waals surface area (Å²) in [5, 5.41) is 9.07. The third kappa shape index (κ3) is 4.26. The fourth-order valence-corrected chi connectivity index (χ4v) is 2.26. The molecule has 0 saturated heterocycles. The van der Waals surface area contributed by atoms with E-state index in [1.165, 1.54) is 11.6 Å². The Morgan fingerprint density at radius 2 is 1.46 bits per heavy atom. The van der Waals surface area contributed by atoms with Crippen molar-refractivity contribution in [1.82, 2.24) is 0 Å². The largest absolute Gasteiger partial charge is 0.416 e. The predicted octanol–water partition coefficient (Wildman–Crippen LogP) is 6.04. The van der Waals surface area contributed by atoms with E-state index < -0.39 is 11.7 Å². The van der Waals surface area contributed by atoms with Crippen molar-refractivity contribution in [3.05, 3.63) is 70.3 Å². The normalized spacial score (nSPS) is 12.4. The van der Waals surface area contributed by atoms with E-state index in [4.69, 9.17) is 5.26 Å². The molecule has 2 rings (SSSR count). The summed E-state index contributed by atoms with van der Waals surface area (Å²) in [5.74, 6) is 0. The van der Waals surface area contributed by atoms with Crippen LogP contribution in [0, 0.1) is 11.3 Å². The highest BCUT2D eigenvalue weighted by Gasteiger charge is 2.30. The first kappa shape index (κ1) is 17.8. The molecule has 0 atom stereocenters. The highest BCUT2D eigenvalue weighted by Crippen LogP contribution is 2.31. The summed E-state index contributed by atoms with van der Waals surface area (Å²) in [7, 11) is 0. The molecule has 0 heterocycles. The lowest BCUT2D eigenvalue weighted by molar-refractivity contribution is -0.137. The molecule has 0 fully saturated rings. The van der Waals surface area contributed by atoms with Gasteiger partial charge in [-0.05, 0) is 40.3 Å². The molecule has 1 nitrogen and oxygen atoms in total. The van der Waals surface area contributed by atoms with Gasteiger partial charge in [-0.1, -0.05) is 57.2 Å². The summed E-state index contributed by atoms with van der Waals surface area (Å²) in [6.07, 6.45) is -1.17. The van der Waals surface area contributed by atoms with Crippen molar-refractivity contribution >= 4 is 12.2 Å². The lowest BCUT2D eigenvalue weighted by Gasteiger charge is -2.18. The lowest BCUT2D eigenvalue weighted by atomic mass is 9.86. The van der Waals surface area contributed by atoms with E-state index in [9.17, 15) is 13.2 Å². The van der Waals surface area contributed by atoms with Crippen molar-refractivity contribution in [2.45, 2.75) is 32.4 Å². The van der Waals surface area contributed by atoms with E-state index in [2.05, 4.69) is 20.8 Å². The van der Waals surface area contributed by atoms with E-state index in [-0.39, 0.29) is 16.5 Å². The molecule has 0 radical (unpaired) electrons. The van der Waals surface area contributed by atoms with Gasteiger partial charge in [0.2, 0.25) is 0 Å². The number of alkyl halides is 3. The third-order valence-corrected chi connectivity index (χ3v) is 3.73. The predicted molar refractivity (Wildman–Crippen MR) is 90.2 cm³/mol. The van der Waals surface area contributed by atoms with Crippen LogP contribution in [0.15, 0.2) is 42.5 Å². The van der Waals surface area contributed by atoms with E-state index in [1.54, 1.807) is 12.2 Å². The van der Waals surface area contributed by atoms with Crippen LogP contribution in [0.2, 0.25) is 0 Å². The summed E-state index contributed by atoms with van der Waals surface area (Å²) in [5.41, 5.74) is 1.79. The fourth-order valence-electron chi connectivity index (χ4n) is 2.26. The number of rotatable bonds is 2. The Morgan fingerprint density at radius 3 is 1.96 bits per heavy atom. The first-order valence-electron chi connectivity index (χ1n) is 7.51. The molecule has 0 aliphatic heterocycles. The second-order valence-corrected chi connectivity index (χ2v) is 6.62. The van der Waals surface area contributed by atoms with Crippen LogP contribution in [0.1, 0.15) is 48.6 Å². The van der Waals surface area contributed by atoms with E-state index in [0.717, 1.165) is 17.7 Å². The van der Waals surface area contributed by atoms with Gasteiger partial charge in [0.05, 0.1) is 17.2 Å². The van der Waals surface area contributed by atoms with E-state index >= 15 is 0 Å². The van der Waals surface area contributed by atoms with Crippen molar-refractivity contribution in [2.24, 2.45) is 0 Å². The minimum Gasteiger partial charge on any atom is -0.192 e. The Bertz CT molecular complexity index is 786. The molecule has 2 aromatic rings. The molecule has 0 bridgehead atoms. The van der Waals surface area contributed by atoms with Crippen molar-refractivity contribution < 1.29 is 13.2 Å². The first-order chi connectivity index (χ1) is 11.1. The van der Waals surface area contributed by atoms with Gasteiger partial charge in [-0.25, -0.2) is 0 Å². The molecular weight excluding hydrogens is 311 g/mol. The molecule has 0 saturated carbocycles. The minimum atomic E-state index is -4.43. The Balaban J connectivity index is 2.33. The average Bonchev–Trinajstić information content (AvgIpc) is 2.51. The fraction of sp³-hybridized carbons (Fsp3) is 0.250. The average molecular weight is 329 g/mol. The number of hydrogen-bond acceptors (Lipinski definition) is 1. The van der Waals surface area contributed by atoms with Gasteiger partial charge >= 0.3 is 6.18 Å². The molecule has 124 valence electrons. The standard InChI is InChI=1S/C20H18F3N/c1-19(2,3)17-9-5-14(6-10-17)4-7-15-12-18(20(21,22)23)11-8-16(15)13-24/h4-12H,1-3H3. The number of halogens is 3. The monoisotopic (exact) mass is 329 g/mol. The van der Waals surface area contributed by atoms with E-state index in [1.807, 2.05) is 30.3 Å². The molecule has 0 spiro atoms. The smallest absolute Gasteiger partial charge is 0.192 e. The molecule has 0 aromatic heterocycles. The van der Waals surface area contributed by atoms with Crippen LogP contribution < -0.4 is 0 Å². The number of nitriles is 1. The molecule has 0 aliphatic rings.